The molecule has 0 aliphatic heterocycles. The van der Waals surface area contributed by atoms with E-state index in [0.717, 1.165) is 21.9 Å². The van der Waals surface area contributed by atoms with Crippen LogP contribution in [0.4, 0.5) is 5.82 Å². The molecule has 2 heterocycles. The zero-order chi connectivity index (χ0) is 11.4. The first kappa shape index (κ1) is 11.4. The number of pyridine rings is 1. The third-order valence-electron chi connectivity index (χ3n) is 2.04. The molecular weight excluding hydrogens is 288 g/mol. The number of anilines is 1. The summed E-state index contributed by atoms with van der Waals surface area (Å²) in [7, 11) is 1.63. The maximum atomic E-state index is 5.04. The molecule has 0 amide bonds. The van der Waals surface area contributed by atoms with Gasteiger partial charge in [-0.2, -0.15) is 0 Å². The molecule has 16 heavy (non-hydrogen) atoms. The summed E-state index contributed by atoms with van der Waals surface area (Å²) < 4.78 is 6.19. The SMILES string of the molecule is COc1ccc(NCc2ccc(Br)s2)nc1. The van der Waals surface area contributed by atoms with Crippen molar-refractivity contribution >= 4 is 33.1 Å². The van der Waals surface area contributed by atoms with E-state index in [1.807, 2.05) is 18.2 Å². The van der Waals surface area contributed by atoms with Gasteiger partial charge in [0.25, 0.3) is 0 Å². The number of halogens is 1. The average molecular weight is 299 g/mol. The lowest BCUT2D eigenvalue weighted by molar-refractivity contribution is 0.413. The van der Waals surface area contributed by atoms with Crippen molar-refractivity contribution in [2.45, 2.75) is 6.54 Å². The first-order chi connectivity index (χ1) is 7.78. The van der Waals surface area contributed by atoms with Crippen LogP contribution in [0.5, 0.6) is 5.75 Å². The zero-order valence-electron chi connectivity index (χ0n) is 8.74. The number of nitrogens with one attached hydrogen (secondary N) is 1. The number of thiophene rings is 1. The van der Waals surface area contributed by atoms with E-state index in [-0.39, 0.29) is 0 Å². The molecule has 2 aromatic heterocycles. The third kappa shape index (κ3) is 2.96. The van der Waals surface area contributed by atoms with Crippen LogP contribution in [0.15, 0.2) is 34.2 Å². The van der Waals surface area contributed by atoms with Crippen LogP contribution in [-0.2, 0) is 6.54 Å². The second-order valence-corrected chi connectivity index (χ2v) is 5.69. The van der Waals surface area contributed by atoms with Crippen LogP contribution in [0.1, 0.15) is 4.88 Å². The van der Waals surface area contributed by atoms with Crippen molar-refractivity contribution < 1.29 is 4.74 Å². The van der Waals surface area contributed by atoms with E-state index >= 15 is 0 Å². The smallest absolute Gasteiger partial charge is 0.137 e. The van der Waals surface area contributed by atoms with Gasteiger partial charge < -0.3 is 10.1 Å². The number of ether oxygens (including phenoxy) is 1. The lowest BCUT2D eigenvalue weighted by Crippen LogP contribution is -1.99. The monoisotopic (exact) mass is 298 g/mol. The van der Waals surface area contributed by atoms with Crippen LogP contribution in [-0.4, -0.2) is 12.1 Å². The van der Waals surface area contributed by atoms with Gasteiger partial charge in [0, 0.05) is 4.88 Å². The largest absolute Gasteiger partial charge is 0.495 e. The van der Waals surface area contributed by atoms with Crippen molar-refractivity contribution in [3.05, 3.63) is 39.1 Å². The standard InChI is InChI=1S/C11H11BrN2OS/c1-15-8-2-5-11(13-6-8)14-7-9-3-4-10(12)16-9/h2-6H,7H2,1H3,(H,13,14). The Morgan fingerprint density at radius 3 is 2.81 bits per heavy atom. The van der Waals surface area contributed by atoms with Gasteiger partial charge >= 0.3 is 0 Å². The summed E-state index contributed by atoms with van der Waals surface area (Å²) in [5.41, 5.74) is 0. The zero-order valence-corrected chi connectivity index (χ0v) is 11.1. The van der Waals surface area contributed by atoms with Gasteiger partial charge in [0.1, 0.15) is 11.6 Å². The summed E-state index contributed by atoms with van der Waals surface area (Å²) in [4.78, 5) is 5.50. The molecule has 3 nitrogen and oxygen atoms in total. The highest BCUT2D eigenvalue weighted by molar-refractivity contribution is 9.11. The minimum absolute atomic E-state index is 0.768. The minimum Gasteiger partial charge on any atom is -0.495 e. The Balaban J connectivity index is 1.94. The third-order valence-corrected chi connectivity index (χ3v) is 3.67. The number of methoxy groups -OCH3 is 1. The van der Waals surface area contributed by atoms with E-state index in [1.54, 1.807) is 24.6 Å². The minimum atomic E-state index is 0.768. The van der Waals surface area contributed by atoms with Crippen molar-refractivity contribution in [2.75, 3.05) is 12.4 Å². The molecule has 0 spiro atoms. The molecule has 0 aliphatic carbocycles. The number of rotatable bonds is 4. The maximum Gasteiger partial charge on any atom is 0.137 e. The molecule has 1 N–H and O–H groups in total. The summed E-state index contributed by atoms with van der Waals surface area (Å²) in [5, 5.41) is 3.25. The van der Waals surface area contributed by atoms with Crippen LogP contribution in [0.25, 0.3) is 0 Å². The first-order valence-electron chi connectivity index (χ1n) is 4.76. The summed E-state index contributed by atoms with van der Waals surface area (Å²) in [6.45, 7) is 0.787. The van der Waals surface area contributed by atoms with Crippen molar-refractivity contribution in [1.29, 1.82) is 0 Å². The highest BCUT2D eigenvalue weighted by Crippen LogP contribution is 2.22. The molecule has 0 aliphatic rings. The van der Waals surface area contributed by atoms with E-state index < -0.39 is 0 Å². The molecule has 0 bridgehead atoms. The van der Waals surface area contributed by atoms with Gasteiger partial charge in [-0.25, -0.2) is 4.98 Å². The summed E-state index contributed by atoms with van der Waals surface area (Å²) in [5.74, 6) is 1.62. The average Bonchev–Trinajstić information content (AvgIpc) is 2.73. The summed E-state index contributed by atoms with van der Waals surface area (Å²) in [6, 6.07) is 7.93. The quantitative estimate of drug-likeness (QED) is 0.938. The van der Waals surface area contributed by atoms with E-state index in [0.29, 0.717) is 0 Å². The molecule has 0 atom stereocenters. The Labute approximate surface area is 107 Å². The molecule has 0 radical (unpaired) electrons. The molecular formula is C11H11BrN2OS. The van der Waals surface area contributed by atoms with Gasteiger partial charge in [0.05, 0.1) is 23.6 Å². The second-order valence-electron chi connectivity index (χ2n) is 3.14. The van der Waals surface area contributed by atoms with E-state index in [9.17, 15) is 0 Å². The van der Waals surface area contributed by atoms with Crippen LogP contribution in [0, 0.1) is 0 Å². The predicted molar refractivity (Wildman–Crippen MR) is 70.1 cm³/mol. The van der Waals surface area contributed by atoms with Gasteiger partial charge in [-0.05, 0) is 40.2 Å². The van der Waals surface area contributed by atoms with E-state index in [4.69, 9.17) is 4.74 Å². The molecule has 84 valence electrons. The number of hydrogen-bond acceptors (Lipinski definition) is 4. The lowest BCUT2D eigenvalue weighted by Gasteiger charge is -2.04. The van der Waals surface area contributed by atoms with Gasteiger partial charge in [0.15, 0.2) is 0 Å². The van der Waals surface area contributed by atoms with E-state index in [2.05, 4.69) is 32.3 Å². The number of aromatic nitrogens is 1. The van der Waals surface area contributed by atoms with Crippen molar-refractivity contribution in [3.8, 4) is 5.75 Å². The fourth-order valence-corrected chi connectivity index (χ4v) is 2.65. The van der Waals surface area contributed by atoms with Crippen LogP contribution >= 0.6 is 27.3 Å². The molecule has 2 aromatic rings. The maximum absolute atomic E-state index is 5.04. The van der Waals surface area contributed by atoms with Crippen LogP contribution in [0.3, 0.4) is 0 Å². The number of nitrogens with zero attached hydrogens (tertiary/aromatic N) is 1. The predicted octanol–water partition coefficient (Wildman–Crippen LogP) is 3.53. The molecule has 0 saturated carbocycles. The Hall–Kier alpha value is -1.07. The lowest BCUT2D eigenvalue weighted by atomic mass is 10.4. The first-order valence-corrected chi connectivity index (χ1v) is 6.37. The van der Waals surface area contributed by atoms with Crippen LogP contribution < -0.4 is 10.1 Å². The van der Waals surface area contributed by atoms with Gasteiger partial charge in [-0.15, -0.1) is 11.3 Å². The van der Waals surface area contributed by atoms with Crippen molar-refractivity contribution in [2.24, 2.45) is 0 Å². The number of hydrogen-bond donors (Lipinski definition) is 1. The van der Waals surface area contributed by atoms with Crippen molar-refractivity contribution in [1.82, 2.24) is 4.98 Å². The van der Waals surface area contributed by atoms with Crippen LogP contribution in [0.2, 0.25) is 0 Å². The molecule has 5 heteroatoms. The Kier molecular flexibility index (Phi) is 3.79. The Morgan fingerprint density at radius 2 is 2.25 bits per heavy atom. The van der Waals surface area contributed by atoms with Gasteiger partial charge in [-0.1, -0.05) is 0 Å². The summed E-state index contributed by atoms with van der Waals surface area (Å²) in [6.07, 6.45) is 1.70. The summed E-state index contributed by atoms with van der Waals surface area (Å²) >= 11 is 5.15. The van der Waals surface area contributed by atoms with Gasteiger partial charge in [0.2, 0.25) is 0 Å². The highest BCUT2D eigenvalue weighted by atomic mass is 79.9. The fraction of sp³-hybridized carbons (Fsp3) is 0.182. The second kappa shape index (κ2) is 5.32. The highest BCUT2D eigenvalue weighted by Gasteiger charge is 1.99. The molecule has 0 saturated heterocycles. The topological polar surface area (TPSA) is 34.1 Å². The Bertz CT molecular complexity index is 455. The van der Waals surface area contributed by atoms with Gasteiger partial charge in [-0.3, -0.25) is 0 Å². The molecule has 0 aromatic carbocycles. The van der Waals surface area contributed by atoms with E-state index in [1.165, 1.54) is 4.88 Å². The fourth-order valence-electron chi connectivity index (χ4n) is 1.23. The molecule has 2 rings (SSSR count). The normalized spacial score (nSPS) is 10.1. The molecule has 0 unspecified atom stereocenters. The van der Waals surface area contributed by atoms with Crippen molar-refractivity contribution in [3.63, 3.8) is 0 Å². The molecule has 0 fully saturated rings. The Morgan fingerprint density at radius 1 is 1.38 bits per heavy atom.